The number of fused-ring (bicyclic) bond motifs is 1. The third kappa shape index (κ3) is 7.28. The lowest BCUT2D eigenvalue weighted by Gasteiger charge is -2.32. The van der Waals surface area contributed by atoms with Gasteiger partial charge in [-0.1, -0.05) is 6.07 Å². The number of alkyl halides is 3. The lowest BCUT2D eigenvalue weighted by Crippen LogP contribution is -2.41. The first kappa shape index (κ1) is 23.6. The molecule has 1 saturated heterocycles. The zero-order valence-electron chi connectivity index (χ0n) is 16.3. The molecular weight excluding hydrogens is 498 g/mol. The first-order valence-electron chi connectivity index (χ1n) is 9.47. The van der Waals surface area contributed by atoms with Crippen molar-refractivity contribution in [2.24, 2.45) is 10.9 Å². The molecule has 3 rings (SSSR count). The van der Waals surface area contributed by atoms with Gasteiger partial charge in [0.2, 0.25) is 0 Å². The summed E-state index contributed by atoms with van der Waals surface area (Å²) in [6.45, 7) is 1.44. The summed E-state index contributed by atoms with van der Waals surface area (Å²) in [6.07, 6.45) is 0.315. The number of nitrogens with zero attached hydrogens (tertiary/aromatic N) is 5. The lowest BCUT2D eigenvalue weighted by atomic mass is 9.93. The Bertz CT molecular complexity index is 785. The van der Waals surface area contributed by atoms with Crippen LogP contribution in [0.5, 0.6) is 0 Å². The molecule has 11 heteroatoms. The van der Waals surface area contributed by atoms with Crippen molar-refractivity contribution in [1.29, 1.82) is 0 Å². The molecule has 0 radical (unpaired) electrons. The van der Waals surface area contributed by atoms with Crippen LogP contribution in [0.3, 0.4) is 0 Å². The van der Waals surface area contributed by atoms with Crippen molar-refractivity contribution >= 4 is 35.6 Å². The van der Waals surface area contributed by atoms with Crippen molar-refractivity contribution in [2.45, 2.75) is 32.0 Å². The van der Waals surface area contributed by atoms with E-state index in [1.807, 2.05) is 28.8 Å². The fraction of sp³-hybridized carbons (Fsp3) is 0.611. The number of guanidine groups is 1. The normalized spacial score (nSPS) is 16.6. The minimum absolute atomic E-state index is 0. The predicted molar refractivity (Wildman–Crippen MR) is 116 cm³/mol. The van der Waals surface area contributed by atoms with Crippen molar-refractivity contribution in [3.05, 3.63) is 30.2 Å². The van der Waals surface area contributed by atoms with E-state index in [9.17, 15) is 13.2 Å². The number of halogens is 4. The highest BCUT2D eigenvalue weighted by molar-refractivity contribution is 14.0. The first-order valence-corrected chi connectivity index (χ1v) is 9.47. The van der Waals surface area contributed by atoms with E-state index in [1.165, 1.54) is 4.90 Å². The molecule has 0 spiro atoms. The van der Waals surface area contributed by atoms with E-state index in [4.69, 9.17) is 0 Å². The van der Waals surface area contributed by atoms with Crippen molar-refractivity contribution in [1.82, 2.24) is 30.1 Å². The molecule has 2 aromatic heterocycles. The summed E-state index contributed by atoms with van der Waals surface area (Å²) in [7, 11) is 1.70. The van der Waals surface area contributed by atoms with Crippen LogP contribution in [0.1, 0.15) is 25.1 Å². The van der Waals surface area contributed by atoms with Crippen molar-refractivity contribution < 1.29 is 13.2 Å². The molecule has 1 fully saturated rings. The summed E-state index contributed by atoms with van der Waals surface area (Å²) in [4.78, 5) is 5.70. The zero-order valence-corrected chi connectivity index (χ0v) is 18.7. The quantitative estimate of drug-likeness (QED) is 0.345. The highest BCUT2D eigenvalue weighted by Crippen LogP contribution is 2.23. The summed E-state index contributed by atoms with van der Waals surface area (Å²) >= 11 is 0. The molecule has 0 unspecified atom stereocenters. The number of aromatic nitrogens is 3. The largest absolute Gasteiger partial charge is 0.401 e. The van der Waals surface area contributed by atoms with E-state index in [1.54, 1.807) is 7.05 Å². The van der Waals surface area contributed by atoms with Gasteiger partial charge in [-0.3, -0.25) is 14.3 Å². The van der Waals surface area contributed by atoms with Crippen LogP contribution in [-0.2, 0) is 6.54 Å². The molecule has 2 aromatic rings. The molecule has 29 heavy (non-hydrogen) atoms. The van der Waals surface area contributed by atoms with Gasteiger partial charge in [-0.2, -0.15) is 13.2 Å². The molecule has 1 aliphatic rings. The highest BCUT2D eigenvalue weighted by Gasteiger charge is 2.32. The fourth-order valence-electron chi connectivity index (χ4n) is 3.48. The molecule has 0 aliphatic carbocycles. The van der Waals surface area contributed by atoms with Gasteiger partial charge in [0.1, 0.15) is 0 Å². The van der Waals surface area contributed by atoms with E-state index >= 15 is 0 Å². The monoisotopic (exact) mass is 525 g/mol. The molecule has 1 aliphatic heterocycles. The number of aliphatic imine (C=N–C) groups is 1. The van der Waals surface area contributed by atoms with Crippen LogP contribution in [0.2, 0.25) is 0 Å². The molecule has 0 amide bonds. The molecule has 0 aromatic carbocycles. The smallest absolute Gasteiger partial charge is 0.356 e. The Hall–Kier alpha value is -1.63. The van der Waals surface area contributed by atoms with Gasteiger partial charge in [0.05, 0.1) is 13.1 Å². The minimum Gasteiger partial charge on any atom is -0.356 e. The summed E-state index contributed by atoms with van der Waals surface area (Å²) < 4.78 is 39.3. The van der Waals surface area contributed by atoms with Crippen molar-refractivity contribution in [2.75, 3.05) is 33.2 Å². The predicted octanol–water partition coefficient (Wildman–Crippen LogP) is 2.68. The Balaban J connectivity index is 0.00000300. The summed E-state index contributed by atoms with van der Waals surface area (Å²) in [6, 6.07) is 5.73. The number of pyridine rings is 1. The first-order chi connectivity index (χ1) is 13.4. The van der Waals surface area contributed by atoms with Crippen LogP contribution in [0.4, 0.5) is 13.2 Å². The molecule has 0 atom stereocenters. The maximum atomic E-state index is 12.4. The molecule has 3 heterocycles. The number of rotatable bonds is 6. The number of hydrogen-bond donors (Lipinski definition) is 2. The average molecular weight is 525 g/mol. The third-order valence-electron chi connectivity index (χ3n) is 4.98. The molecule has 162 valence electrons. The average Bonchev–Trinajstić information content (AvgIpc) is 3.08. The van der Waals surface area contributed by atoms with Gasteiger partial charge in [-0.25, -0.2) is 0 Å². The third-order valence-corrected chi connectivity index (χ3v) is 4.98. The second kappa shape index (κ2) is 11.0. The number of likely N-dealkylation sites (tertiary alicyclic amines) is 1. The molecule has 0 saturated carbocycles. The highest BCUT2D eigenvalue weighted by atomic mass is 127. The molecule has 2 N–H and O–H groups in total. The van der Waals surface area contributed by atoms with Gasteiger partial charge < -0.3 is 10.6 Å². The summed E-state index contributed by atoms with van der Waals surface area (Å²) in [5.41, 5.74) is 0.791. The van der Waals surface area contributed by atoms with Gasteiger partial charge in [0.15, 0.2) is 17.4 Å². The van der Waals surface area contributed by atoms with E-state index in [0.29, 0.717) is 31.5 Å². The number of piperidine rings is 1. The molecular formula is C18H27F3IN7. The fourth-order valence-corrected chi connectivity index (χ4v) is 3.48. The second-order valence-electron chi connectivity index (χ2n) is 7.02. The van der Waals surface area contributed by atoms with E-state index in [2.05, 4.69) is 25.8 Å². The second-order valence-corrected chi connectivity index (χ2v) is 7.02. The van der Waals surface area contributed by atoms with Crippen LogP contribution in [0, 0.1) is 5.92 Å². The van der Waals surface area contributed by atoms with E-state index in [-0.39, 0.29) is 24.0 Å². The van der Waals surface area contributed by atoms with Crippen molar-refractivity contribution in [3.8, 4) is 0 Å². The number of nitrogens with one attached hydrogen (secondary N) is 2. The van der Waals surface area contributed by atoms with Gasteiger partial charge in [0.25, 0.3) is 0 Å². The summed E-state index contributed by atoms with van der Waals surface area (Å²) in [5, 5.41) is 14.8. The van der Waals surface area contributed by atoms with Crippen LogP contribution < -0.4 is 10.6 Å². The van der Waals surface area contributed by atoms with E-state index < -0.39 is 12.7 Å². The van der Waals surface area contributed by atoms with Crippen molar-refractivity contribution in [3.63, 3.8) is 0 Å². The Morgan fingerprint density at radius 1 is 1.21 bits per heavy atom. The summed E-state index contributed by atoms with van der Waals surface area (Å²) in [5.74, 6) is 1.90. The Kier molecular flexibility index (Phi) is 8.93. The Morgan fingerprint density at radius 2 is 1.97 bits per heavy atom. The Labute approximate surface area is 185 Å². The van der Waals surface area contributed by atoms with Gasteiger partial charge >= 0.3 is 6.18 Å². The minimum atomic E-state index is -4.11. The molecule has 7 nitrogen and oxygen atoms in total. The van der Waals surface area contributed by atoms with Crippen LogP contribution in [0.15, 0.2) is 29.4 Å². The molecule has 0 bridgehead atoms. The van der Waals surface area contributed by atoms with Gasteiger partial charge in [-0.05, 0) is 50.4 Å². The van der Waals surface area contributed by atoms with Crippen LogP contribution in [-0.4, -0.2) is 64.9 Å². The number of hydrogen-bond acceptors (Lipinski definition) is 4. The van der Waals surface area contributed by atoms with Crippen LogP contribution >= 0.6 is 24.0 Å². The van der Waals surface area contributed by atoms with Gasteiger partial charge in [-0.15, -0.1) is 34.2 Å². The maximum Gasteiger partial charge on any atom is 0.401 e. The SMILES string of the molecule is CN=C(NCCC1CCN(CC(F)(F)F)CC1)NCc1nnc2ccccn12.I. The Morgan fingerprint density at radius 3 is 2.66 bits per heavy atom. The standard InChI is InChI=1S/C18H26F3N7.HI/c1-22-17(24-12-16-26-25-15-4-2-3-9-28(15)16)23-8-5-14-6-10-27(11-7-14)13-18(19,20)21;/h2-4,9,14H,5-8,10-13H2,1H3,(H2,22,23,24);1H. The topological polar surface area (TPSA) is 69.8 Å². The lowest BCUT2D eigenvalue weighted by molar-refractivity contribution is -0.148. The maximum absolute atomic E-state index is 12.4. The van der Waals surface area contributed by atoms with Crippen LogP contribution in [0.25, 0.3) is 5.65 Å². The zero-order chi connectivity index (χ0) is 20.0. The van der Waals surface area contributed by atoms with Gasteiger partial charge in [0, 0.05) is 19.8 Å². The van der Waals surface area contributed by atoms with E-state index in [0.717, 1.165) is 37.3 Å².